The summed E-state index contributed by atoms with van der Waals surface area (Å²) in [4.78, 5) is 0. The highest BCUT2D eigenvalue weighted by Gasteiger charge is 2.30. The Bertz CT molecular complexity index is 93.8. The van der Waals surface area contributed by atoms with E-state index in [-0.39, 0.29) is 5.79 Å². The zero-order valence-electron chi connectivity index (χ0n) is 6.23. The van der Waals surface area contributed by atoms with Crippen molar-refractivity contribution in [2.45, 2.75) is 25.6 Å². The molecule has 60 valence electrons. The summed E-state index contributed by atoms with van der Waals surface area (Å²) in [6, 6.07) is 0. The molecule has 1 aliphatic rings. The maximum atomic E-state index is 5.53. The molecular weight excluding hydrogens is 243 g/mol. The highest BCUT2D eigenvalue weighted by molar-refractivity contribution is 14.1. The van der Waals surface area contributed by atoms with Crippen molar-refractivity contribution in [2.75, 3.05) is 17.6 Å². The molecule has 0 bridgehead atoms. The van der Waals surface area contributed by atoms with Gasteiger partial charge < -0.3 is 9.47 Å². The zero-order valence-corrected chi connectivity index (χ0v) is 8.39. The lowest BCUT2D eigenvalue weighted by Gasteiger charge is -2.34. The van der Waals surface area contributed by atoms with Gasteiger partial charge in [-0.15, -0.1) is 0 Å². The van der Waals surface area contributed by atoms with Crippen LogP contribution in [0.2, 0.25) is 0 Å². The van der Waals surface area contributed by atoms with Crippen LogP contribution in [0.15, 0.2) is 0 Å². The molecule has 0 saturated carbocycles. The van der Waals surface area contributed by atoms with Gasteiger partial charge in [0, 0.05) is 0 Å². The first-order chi connectivity index (χ1) is 4.83. The van der Waals surface area contributed by atoms with Crippen LogP contribution < -0.4 is 0 Å². The summed E-state index contributed by atoms with van der Waals surface area (Å²) in [6.07, 6.45) is 1.99. The third-order valence-corrected chi connectivity index (χ3v) is 2.92. The highest BCUT2D eigenvalue weighted by Crippen LogP contribution is 2.24. The molecule has 0 N–H and O–H groups in total. The molecule has 1 fully saturated rings. The van der Waals surface area contributed by atoms with E-state index in [0.29, 0.717) is 0 Å². The van der Waals surface area contributed by atoms with Crippen LogP contribution in [0.1, 0.15) is 19.8 Å². The van der Waals surface area contributed by atoms with Crippen molar-refractivity contribution in [2.24, 2.45) is 0 Å². The Balaban J connectivity index is 2.44. The third-order valence-electron chi connectivity index (χ3n) is 1.76. The molecule has 1 heterocycles. The first-order valence-electron chi connectivity index (χ1n) is 3.67. The van der Waals surface area contributed by atoms with Gasteiger partial charge in [0.25, 0.3) is 0 Å². The molecule has 10 heavy (non-hydrogen) atoms. The highest BCUT2D eigenvalue weighted by atomic mass is 127. The number of rotatable bonds is 2. The zero-order chi connectivity index (χ0) is 7.45. The molecule has 0 amide bonds. The van der Waals surface area contributed by atoms with Gasteiger partial charge in [0.15, 0.2) is 5.79 Å². The maximum absolute atomic E-state index is 5.53. The van der Waals surface area contributed by atoms with Crippen LogP contribution in [0, 0.1) is 0 Å². The quantitative estimate of drug-likeness (QED) is 0.555. The lowest BCUT2D eigenvalue weighted by Crippen LogP contribution is -2.41. The molecule has 0 aliphatic carbocycles. The summed E-state index contributed by atoms with van der Waals surface area (Å²) < 4.78 is 12.0. The van der Waals surface area contributed by atoms with Crippen LogP contribution in [-0.4, -0.2) is 23.4 Å². The van der Waals surface area contributed by atoms with E-state index in [1.165, 1.54) is 0 Å². The number of hydrogen-bond acceptors (Lipinski definition) is 2. The van der Waals surface area contributed by atoms with Crippen molar-refractivity contribution >= 4 is 22.6 Å². The van der Waals surface area contributed by atoms with Crippen molar-refractivity contribution in [1.29, 1.82) is 0 Å². The molecule has 0 spiro atoms. The number of halogens is 1. The van der Waals surface area contributed by atoms with Gasteiger partial charge in [0.05, 0.1) is 17.6 Å². The molecule has 1 rings (SSSR count). The summed E-state index contributed by atoms with van der Waals surface area (Å²) in [5.41, 5.74) is 0. The maximum Gasteiger partial charge on any atom is 0.176 e. The normalized spacial score (nSPS) is 24.6. The molecule has 2 nitrogen and oxygen atoms in total. The molecule has 0 aromatic heterocycles. The van der Waals surface area contributed by atoms with E-state index in [2.05, 4.69) is 29.5 Å². The van der Waals surface area contributed by atoms with Crippen molar-refractivity contribution in [3.05, 3.63) is 0 Å². The first-order valence-corrected chi connectivity index (χ1v) is 5.19. The predicted octanol–water partition coefficient (Wildman–Crippen LogP) is 1.96. The van der Waals surface area contributed by atoms with Gasteiger partial charge in [-0.05, 0) is 12.8 Å². The van der Waals surface area contributed by atoms with Crippen LogP contribution in [0.4, 0.5) is 0 Å². The van der Waals surface area contributed by atoms with Gasteiger partial charge in [-0.3, -0.25) is 0 Å². The second-order valence-corrected chi connectivity index (χ2v) is 3.21. The predicted molar refractivity (Wildman–Crippen MR) is 48.4 cm³/mol. The Hall–Kier alpha value is 0.650. The van der Waals surface area contributed by atoms with Crippen molar-refractivity contribution in [3.8, 4) is 0 Å². The Labute approximate surface area is 75.4 Å². The standard InChI is InChI=1S/C7H13IO2/c1-2-7(6-8)9-4-3-5-10-7/h2-6H2,1H3. The number of alkyl halides is 1. The summed E-state index contributed by atoms with van der Waals surface area (Å²) in [6.45, 7) is 3.82. The van der Waals surface area contributed by atoms with E-state index in [1.54, 1.807) is 0 Å². The molecular formula is C7H13IO2. The Morgan fingerprint density at radius 3 is 2.30 bits per heavy atom. The Kier molecular flexibility index (Phi) is 3.39. The van der Waals surface area contributed by atoms with Crippen molar-refractivity contribution < 1.29 is 9.47 Å². The molecule has 3 heteroatoms. The molecule has 1 aliphatic heterocycles. The van der Waals surface area contributed by atoms with E-state index in [1.807, 2.05) is 0 Å². The molecule has 0 aromatic rings. The van der Waals surface area contributed by atoms with Gasteiger partial charge in [0.1, 0.15) is 0 Å². The first kappa shape index (κ1) is 8.74. The molecule has 0 radical (unpaired) electrons. The fourth-order valence-electron chi connectivity index (χ4n) is 0.993. The van der Waals surface area contributed by atoms with Gasteiger partial charge in [-0.2, -0.15) is 0 Å². The van der Waals surface area contributed by atoms with Crippen LogP contribution in [0.3, 0.4) is 0 Å². The number of hydrogen-bond donors (Lipinski definition) is 0. The minimum absolute atomic E-state index is 0.251. The fourth-order valence-corrected chi connectivity index (χ4v) is 1.97. The SMILES string of the molecule is CCC1(CI)OCCCO1. The summed E-state index contributed by atoms with van der Waals surface area (Å²) in [5.74, 6) is -0.251. The van der Waals surface area contributed by atoms with E-state index >= 15 is 0 Å². The Morgan fingerprint density at radius 1 is 1.40 bits per heavy atom. The summed E-state index contributed by atoms with van der Waals surface area (Å²) >= 11 is 2.31. The summed E-state index contributed by atoms with van der Waals surface area (Å²) in [7, 11) is 0. The van der Waals surface area contributed by atoms with E-state index in [0.717, 1.165) is 30.5 Å². The third kappa shape index (κ3) is 1.83. The minimum Gasteiger partial charge on any atom is -0.349 e. The lowest BCUT2D eigenvalue weighted by atomic mass is 10.2. The van der Waals surface area contributed by atoms with Gasteiger partial charge >= 0.3 is 0 Å². The summed E-state index contributed by atoms with van der Waals surface area (Å²) in [5, 5.41) is 0. The van der Waals surface area contributed by atoms with Crippen LogP contribution >= 0.6 is 22.6 Å². The van der Waals surface area contributed by atoms with Gasteiger partial charge in [-0.1, -0.05) is 29.5 Å². The smallest absolute Gasteiger partial charge is 0.176 e. The second-order valence-electron chi connectivity index (χ2n) is 2.45. The second kappa shape index (κ2) is 3.88. The average Bonchev–Trinajstić information content (AvgIpc) is 2.06. The monoisotopic (exact) mass is 256 g/mol. The van der Waals surface area contributed by atoms with E-state index in [4.69, 9.17) is 9.47 Å². The van der Waals surface area contributed by atoms with Crippen molar-refractivity contribution in [1.82, 2.24) is 0 Å². The lowest BCUT2D eigenvalue weighted by molar-refractivity contribution is -0.251. The topological polar surface area (TPSA) is 18.5 Å². The number of ether oxygens (including phenoxy) is 2. The largest absolute Gasteiger partial charge is 0.349 e. The minimum atomic E-state index is -0.251. The van der Waals surface area contributed by atoms with Gasteiger partial charge in [0.2, 0.25) is 0 Å². The Morgan fingerprint density at radius 2 is 2.00 bits per heavy atom. The molecule has 0 atom stereocenters. The van der Waals surface area contributed by atoms with Crippen LogP contribution in [-0.2, 0) is 9.47 Å². The van der Waals surface area contributed by atoms with E-state index in [9.17, 15) is 0 Å². The molecule has 0 aromatic carbocycles. The molecule has 1 saturated heterocycles. The van der Waals surface area contributed by atoms with Gasteiger partial charge in [-0.25, -0.2) is 0 Å². The van der Waals surface area contributed by atoms with Crippen LogP contribution in [0.25, 0.3) is 0 Å². The average molecular weight is 256 g/mol. The van der Waals surface area contributed by atoms with Crippen molar-refractivity contribution in [3.63, 3.8) is 0 Å². The molecule has 0 unspecified atom stereocenters. The van der Waals surface area contributed by atoms with E-state index < -0.39 is 0 Å². The fraction of sp³-hybridized carbons (Fsp3) is 1.00. The van der Waals surface area contributed by atoms with Crippen LogP contribution in [0.5, 0.6) is 0 Å².